The number of hydrogen-bond acceptors (Lipinski definition) is 2. The van der Waals surface area contributed by atoms with E-state index in [1.807, 2.05) is 0 Å². The molecule has 0 bridgehead atoms. The molecule has 1 rings (SSSR count). The van der Waals surface area contributed by atoms with E-state index in [4.69, 9.17) is 28.5 Å². The van der Waals surface area contributed by atoms with Gasteiger partial charge in [0.1, 0.15) is 5.54 Å². The second-order valence-electron chi connectivity index (χ2n) is 3.49. The van der Waals surface area contributed by atoms with E-state index in [0.717, 1.165) is 0 Å². The predicted octanol–water partition coefficient (Wildman–Crippen LogP) is 3.71. The number of halogens is 2. The van der Waals surface area contributed by atoms with Gasteiger partial charge in [-0.25, -0.2) is 0 Å². The van der Waals surface area contributed by atoms with E-state index in [-0.39, 0.29) is 0 Å². The molecule has 4 heteroatoms. The van der Waals surface area contributed by atoms with E-state index in [9.17, 15) is 0 Å². The Hall–Kier alpha value is -0.910. The summed E-state index contributed by atoms with van der Waals surface area (Å²) in [5, 5.41) is 12.9. The Bertz CT molecular complexity index is 380. The van der Waals surface area contributed by atoms with Crippen LogP contribution in [-0.4, -0.2) is 5.54 Å². The molecule has 74 valence electrons. The minimum Gasteiger partial charge on any atom is -0.367 e. The molecule has 0 radical (unpaired) electrons. The van der Waals surface area contributed by atoms with Gasteiger partial charge in [-0.3, -0.25) is 0 Å². The summed E-state index contributed by atoms with van der Waals surface area (Å²) in [7, 11) is 0. The van der Waals surface area contributed by atoms with Crippen LogP contribution in [0, 0.1) is 11.3 Å². The van der Waals surface area contributed by atoms with Gasteiger partial charge in [-0.2, -0.15) is 5.26 Å². The van der Waals surface area contributed by atoms with Crippen molar-refractivity contribution in [3.05, 3.63) is 28.2 Å². The van der Waals surface area contributed by atoms with Gasteiger partial charge in [0.2, 0.25) is 0 Å². The van der Waals surface area contributed by atoms with Gasteiger partial charge in [0.05, 0.1) is 16.8 Å². The van der Waals surface area contributed by atoms with Crippen LogP contribution in [0.15, 0.2) is 18.2 Å². The third-order valence-electron chi connectivity index (χ3n) is 1.66. The second-order valence-corrected chi connectivity index (χ2v) is 4.33. The quantitative estimate of drug-likeness (QED) is 0.838. The average molecular weight is 229 g/mol. The number of nitrogens with one attached hydrogen (secondary N) is 1. The molecule has 0 fully saturated rings. The lowest BCUT2D eigenvalue weighted by molar-refractivity contribution is 0.729. The number of anilines is 1. The molecule has 14 heavy (non-hydrogen) atoms. The van der Waals surface area contributed by atoms with E-state index < -0.39 is 5.54 Å². The Morgan fingerprint density at radius 1 is 1.36 bits per heavy atom. The number of nitrogens with zero attached hydrogens (tertiary/aromatic N) is 1. The minimum atomic E-state index is -0.641. The Morgan fingerprint density at radius 3 is 2.50 bits per heavy atom. The zero-order valence-electron chi connectivity index (χ0n) is 7.94. The van der Waals surface area contributed by atoms with Gasteiger partial charge >= 0.3 is 0 Å². The van der Waals surface area contributed by atoms with Crippen molar-refractivity contribution in [3.8, 4) is 6.07 Å². The topological polar surface area (TPSA) is 35.8 Å². The summed E-state index contributed by atoms with van der Waals surface area (Å²) in [6.07, 6.45) is 0. The van der Waals surface area contributed by atoms with Crippen LogP contribution in [0.4, 0.5) is 5.69 Å². The standard InChI is InChI=1S/C10H10Cl2N2/c1-10(2,6-13)14-9-4-3-7(11)5-8(9)12/h3-5,14H,1-2H3. The normalized spacial score (nSPS) is 10.8. The molecule has 0 saturated carbocycles. The molecule has 1 aromatic rings. The summed E-state index contributed by atoms with van der Waals surface area (Å²) in [4.78, 5) is 0. The zero-order valence-corrected chi connectivity index (χ0v) is 9.45. The molecule has 0 unspecified atom stereocenters. The van der Waals surface area contributed by atoms with Gasteiger partial charge in [0.15, 0.2) is 0 Å². The van der Waals surface area contributed by atoms with Crippen molar-refractivity contribution < 1.29 is 0 Å². The van der Waals surface area contributed by atoms with Crippen LogP contribution in [0.5, 0.6) is 0 Å². The first-order chi connectivity index (χ1) is 6.44. The second kappa shape index (κ2) is 4.08. The molecule has 0 aromatic heterocycles. The highest BCUT2D eigenvalue weighted by Crippen LogP contribution is 2.27. The molecule has 0 aliphatic heterocycles. The maximum atomic E-state index is 8.82. The third-order valence-corrected chi connectivity index (χ3v) is 2.21. The first-order valence-electron chi connectivity index (χ1n) is 4.09. The van der Waals surface area contributed by atoms with E-state index >= 15 is 0 Å². The van der Waals surface area contributed by atoms with E-state index in [2.05, 4.69) is 11.4 Å². The van der Waals surface area contributed by atoms with Crippen LogP contribution >= 0.6 is 23.2 Å². The largest absolute Gasteiger partial charge is 0.367 e. The SMILES string of the molecule is CC(C)(C#N)Nc1ccc(Cl)cc1Cl. The smallest absolute Gasteiger partial charge is 0.119 e. The lowest BCUT2D eigenvalue weighted by Gasteiger charge is -2.19. The summed E-state index contributed by atoms with van der Waals surface area (Å²) in [5.41, 5.74) is 0.0694. The van der Waals surface area contributed by atoms with Gasteiger partial charge in [-0.05, 0) is 32.0 Å². The molecule has 2 nitrogen and oxygen atoms in total. The Balaban J connectivity index is 2.94. The highest BCUT2D eigenvalue weighted by molar-refractivity contribution is 6.36. The number of nitriles is 1. The maximum absolute atomic E-state index is 8.82. The first kappa shape index (κ1) is 11.2. The molecule has 0 atom stereocenters. The van der Waals surface area contributed by atoms with Crippen LogP contribution in [0.3, 0.4) is 0 Å². The summed E-state index contributed by atoms with van der Waals surface area (Å²) in [5.74, 6) is 0. The highest BCUT2D eigenvalue weighted by Gasteiger charge is 2.16. The minimum absolute atomic E-state index is 0.515. The molecule has 0 aliphatic rings. The van der Waals surface area contributed by atoms with Gasteiger partial charge in [0, 0.05) is 5.02 Å². The zero-order chi connectivity index (χ0) is 10.8. The lowest BCUT2D eigenvalue weighted by atomic mass is 10.1. The summed E-state index contributed by atoms with van der Waals surface area (Å²) in [6, 6.07) is 7.25. The van der Waals surface area contributed by atoms with Gasteiger partial charge in [-0.15, -0.1) is 0 Å². The molecule has 1 N–H and O–H groups in total. The van der Waals surface area contributed by atoms with Crippen LogP contribution in [-0.2, 0) is 0 Å². The van der Waals surface area contributed by atoms with Gasteiger partial charge in [0.25, 0.3) is 0 Å². The maximum Gasteiger partial charge on any atom is 0.119 e. The van der Waals surface area contributed by atoms with Crippen molar-refractivity contribution in [1.29, 1.82) is 5.26 Å². The fraction of sp³-hybridized carbons (Fsp3) is 0.300. The molecule has 0 spiro atoms. The molecule has 0 amide bonds. The first-order valence-corrected chi connectivity index (χ1v) is 4.85. The van der Waals surface area contributed by atoms with Crippen LogP contribution in [0.1, 0.15) is 13.8 Å². The van der Waals surface area contributed by atoms with Crippen LogP contribution in [0.25, 0.3) is 0 Å². The molecular weight excluding hydrogens is 219 g/mol. The number of rotatable bonds is 2. The van der Waals surface area contributed by atoms with Crippen molar-refractivity contribution in [2.45, 2.75) is 19.4 Å². The van der Waals surface area contributed by atoms with Crippen molar-refractivity contribution in [3.63, 3.8) is 0 Å². The monoisotopic (exact) mass is 228 g/mol. The van der Waals surface area contributed by atoms with Crippen molar-refractivity contribution in [2.75, 3.05) is 5.32 Å². The number of benzene rings is 1. The summed E-state index contributed by atoms with van der Waals surface area (Å²) in [6.45, 7) is 3.55. The fourth-order valence-corrected chi connectivity index (χ4v) is 1.41. The van der Waals surface area contributed by atoms with Crippen molar-refractivity contribution in [2.24, 2.45) is 0 Å². The predicted molar refractivity (Wildman–Crippen MR) is 59.8 cm³/mol. The third kappa shape index (κ3) is 2.80. The highest BCUT2D eigenvalue weighted by atomic mass is 35.5. The molecule has 1 aromatic carbocycles. The fourth-order valence-electron chi connectivity index (χ4n) is 0.955. The van der Waals surface area contributed by atoms with Crippen LogP contribution in [0.2, 0.25) is 10.0 Å². The van der Waals surface area contributed by atoms with Crippen molar-refractivity contribution in [1.82, 2.24) is 0 Å². The van der Waals surface area contributed by atoms with Gasteiger partial charge in [-0.1, -0.05) is 23.2 Å². The van der Waals surface area contributed by atoms with Crippen LogP contribution < -0.4 is 5.32 Å². The molecule has 0 heterocycles. The summed E-state index contributed by atoms with van der Waals surface area (Å²) >= 11 is 11.7. The molecule has 0 saturated heterocycles. The van der Waals surface area contributed by atoms with E-state index in [1.54, 1.807) is 32.0 Å². The Labute approximate surface area is 93.4 Å². The van der Waals surface area contributed by atoms with E-state index in [1.165, 1.54) is 0 Å². The Kier molecular flexibility index (Phi) is 3.25. The van der Waals surface area contributed by atoms with E-state index in [0.29, 0.717) is 15.7 Å². The molecular formula is C10H10Cl2N2. The number of hydrogen-bond donors (Lipinski definition) is 1. The summed E-state index contributed by atoms with van der Waals surface area (Å²) < 4.78 is 0. The Morgan fingerprint density at radius 2 is 2.00 bits per heavy atom. The van der Waals surface area contributed by atoms with Crippen molar-refractivity contribution >= 4 is 28.9 Å². The van der Waals surface area contributed by atoms with Gasteiger partial charge < -0.3 is 5.32 Å². The average Bonchev–Trinajstić information content (AvgIpc) is 2.10. The molecule has 0 aliphatic carbocycles. The lowest BCUT2D eigenvalue weighted by Crippen LogP contribution is -2.28.